The van der Waals surface area contributed by atoms with E-state index in [2.05, 4.69) is 0 Å². The highest BCUT2D eigenvalue weighted by atomic mass is 16.6. The normalized spacial score (nSPS) is 25.1. The maximum atomic E-state index is 12.3. The molecule has 7 nitrogen and oxygen atoms in total. The maximum Gasteiger partial charge on any atom is 0.410 e. The fourth-order valence-electron chi connectivity index (χ4n) is 4.13. The zero-order valence-electron chi connectivity index (χ0n) is 16.7. The van der Waals surface area contributed by atoms with Gasteiger partial charge in [-0.05, 0) is 17.5 Å². The van der Waals surface area contributed by atoms with Crippen molar-refractivity contribution in [3.8, 4) is 0 Å². The van der Waals surface area contributed by atoms with E-state index in [0.717, 1.165) is 11.1 Å². The summed E-state index contributed by atoms with van der Waals surface area (Å²) in [5.41, 5.74) is 1.92. The molecule has 7 heteroatoms. The summed E-state index contributed by atoms with van der Waals surface area (Å²) >= 11 is 0. The lowest BCUT2D eigenvalue weighted by Crippen LogP contribution is -2.51. The Labute approximate surface area is 175 Å². The van der Waals surface area contributed by atoms with Crippen molar-refractivity contribution in [1.29, 1.82) is 0 Å². The summed E-state index contributed by atoms with van der Waals surface area (Å²) in [6.45, 7) is 0.701. The fourth-order valence-corrected chi connectivity index (χ4v) is 4.13. The van der Waals surface area contributed by atoms with Crippen molar-refractivity contribution in [2.45, 2.75) is 50.1 Å². The first-order valence-corrected chi connectivity index (χ1v) is 10.2. The third-order valence-electron chi connectivity index (χ3n) is 5.69. The summed E-state index contributed by atoms with van der Waals surface area (Å²) in [6, 6.07) is 18.8. The lowest BCUT2D eigenvalue weighted by Gasteiger charge is -2.32. The van der Waals surface area contributed by atoms with Crippen molar-refractivity contribution >= 4 is 6.09 Å². The predicted octanol–water partition coefficient (Wildman–Crippen LogP) is 2.10. The summed E-state index contributed by atoms with van der Waals surface area (Å²) in [7, 11) is 0. The molecule has 30 heavy (non-hydrogen) atoms. The number of carbonyl (C=O) groups is 1. The van der Waals surface area contributed by atoms with Crippen LogP contribution < -0.4 is 0 Å². The average Bonchev–Trinajstić information content (AvgIpc) is 3.32. The van der Waals surface area contributed by atoms with Crippen LogP contribution in [-0.2, 0) is 27.4 Å². The minimum atomic E-state index is -0.731. The molecule has 0 unspecified atom stereocenters. The Morgan fingerprint density at radius 2 is 1.60 bits per heavy atom. The molecule has 2 heterocycles. The summed E-state index contributed by atoms with van der Waals surface area (Å²) in [5, 5.41) is 20.5. The van der Waals surface area contributed by atoms with E-state index >= 15 is 0 Å². The van der Waals surface area contributed by atoms with E-state index in [9.17, 15) is 15.0 Å². The van der Waals surface area contributed by atoms with Gasteiger partial charge in [0.15, 0.2) is 6.10 Å². The number of hydrogen-bond donors (Lipinski definition) is 2. The summed E-state index contributed by atoms with van der Waals surface area (Å²) < 4.78 is 17.7. The molecule has 2 aromatic rings. The van der Waals surface area contributed by atoms with Gasteiger partial charge in [-0.25, -0.2) is 4.79 Å². The fraction of sp³-hybridized carbons (Fsp3) is 0.435. The molecule has 2 N–H and O–H groups in total. The van der Waals surface area contributed by atoms with Gasteiger partial charge in [0, 0.05) is 6.54 Å². The number of fused-ring (bicyclic) bond motifs is 1. The average molecular weight is 413 g/mol. The molecule has 5 atom stereocenters. The quantitative estimate of drug-likeness (QED) is 0.655. The molecule has 0 aliphatic carbocycles. The van der Waals surface area contributed by atoms with Crippen LogP contribution in [0.1, 0.15) is 17.5 Å². The molecule has 0 aromatic heterocycles. The van der Waals surface area contributed by atoms with Crippen molar-refractivity contribution in [3.05, 3.63) is 71.8 Å². The van der Waals surface area contributed by atoms with Crippen molar-refractivity contribution in [3.63, 3.8) is 0 Å². The minimum absolute atomic E-state index is 0.271. The Bertz CT molecular complexity index is 817. The summed E-state index contributed by atoms with van der Waals surface area (Å²) in [4.78, 5) is 13.9. The van der Waals surface area contributed by atoms with Crippen LogP contribution >= 0.6 is 0 Å². The molecule has 1 amide bonds. The van der Waals surface area contributed by atoms with E-state index in [-0.39, 0.29) is 19.8 Å². The van der Waals surface area contributed by atoms with Crippen LogP contribution in [0.2, 0.25) is 0 Å². The largest absolute Gasteiger partial charge is 0.441 e. The molecule has 0 bridgehead atoms. The van der Waals surface area contributed by atoms with E-state index in [0.29, 0.717) is 13.0 Å². The highest BCUT2D eigenvalue weighted by Crippen LogP contribution is 2.34. The lowest BCUT2D eigenvalue weighted by atomic mass is 9.97. The van der Waals surface area contributed by atoms with Crippen LogP contribution in [-0.4, -0.2) is 64.8 Å². The number of nitrogens with zero attached hydrogens (tertiary/aromatic N) is 1. The summed E-state index contributed by atoms with van der Waals surface area (Å²) in [6.07, 6.45) is -2.85. The van der Waals surface area contributed by atoms with Crippen molar-refractivity contribution in [1.82, 2.24) is 4.90 Å². The van der Waals surface area contributed by atoms with Crippen LogP contribution in [0.25, 0.3) is 0 Å². The van der Waals surface area contributed by atoms with Crippen LogP contribution in [0.3, 0.4) is 0 Å². The highest BCUT2D eigenvalue weighted by Gasteiger charge is 2.54. The molecule has 2 aromatic carbocycles. The Balaban J connectivity index is 1.53. The minimum Gasteiger partial charge on any atom is -0.441 e. The molecule has 4 rings (SSSR count). The number of aliphatic hydroxyl groups is 2. The molecule has 2 saturated heterocycles. The maximum absolute atomic E-state index is 12.3. The number of cyclic esters (lactones) is 1. The number of amides is 1. The molecule has 0 saturated carbocycles. The van der Waals surface area contributed by atoms with Gasteiger partial charge < -0.3 is 24.4 Å². The third-order valence-corrected chi connectivity index (χ3v) is 5.69. The Morgan fingerprint density at radius 3 is 2.20 bits per heavy atom. The van der Waals surface area contributed by atoms with Crippen LogP contribution in [0, 0.1) is 0 Å². The summed E-state index contributed by atoms with van der Waals surface area (Å²) in [5.74, 6) is 0. The first kappa shape index (κ1) is 20.8. The molecule has 160 valence electrons. The monoisotopic (exact) mass is 413 g/mol. The lowest BCUT2D eigenvalue weighted by molar-refractivity contribution is -0.147. The van der Waals surface area contributed by atoms with Crippen molar-refractivity contribution < 1.29 is 29.2 Å². The molecular weight excluding hydrogens is 386 g/mol. The van der Waals surface area contributed by atoms with Gasteiger partial charge >= 0.3 is 6.09 Å². The van der Waals surface area contributed by atoms with E-state index in [1.807, 2.05) is 60.7 Å². The van der Waals surface area contributed by atoms with Gasteiger partial charge in [-0.2, -0.15) is 0 Å². The number of benzene rings is 2. The smallest absolute Gasteiger partial charge is 0.410 e. The Kier molecular flexibility index (Phi) is 6.64. The van der Waals surface area contributed by atoms with Gasteiger partial charge in [-0.1, -0.05) is 60.7 Å². The second-order valence-electron chi connectivity index (χ2n) is 7.67. The SMILES string of the molecule is O=C1O[C@@H]([C@H](OCc2ccccc2)[C@H](CO)OCc2ccccc2)[C@H]2[C@@H](O)CCN12. The number of carbonyl (C=O) groups excluding carboxylic acids is 1. The Hall–Kier alpha value is -2.45. The number of rotatable bonds is 9. The van der Waals surface area contributed by atoms with E-state index in [4.69, 9.17) is 14.2 Å². The first-order valence-electron chi connectivity index (χ1n) is 10.2. The van der Waals surface area contributed by atoms with Crippen LogP contribution in [0.15, 0.2) is 60.7 Å². The second-order valence-corrected chi connectivity index (χ2v) is 7.67. The zero-order valence-corrected chi connectivity index (χ0v) is 16.7. The van der Waals surface area contributed by atoms with Gasteiger partial charge in [0.1, 0.15) is 18.2 Å². The van der Waals surface area contributed by atoms with Crippen molar-refractivity contribution in [2.75, 3.05) is 13.2 Å². The van der Waals surface area contributed by atoms with Gasteiger partial charge in [0.25, 0.3) is 0 Å². The molecule has 2 fully saturated rings. The van der Waals surface area contributed by atoms with E-state index in [1.54, 1.807) is 4.90 Å². The molecule has 2 aliphatic heterocycles. The zero-order chi connectivity index (χ0) is 20.9. The highest BCUT2D eigenvalue weighted by molar-refractivity contribution is 5.71. The molecule has 0 spiro atoms. The van der Waals surface area contributed by atoms with Crippen LogP contribution in [0.4, 0.5) is 4.79 Å². The van der Waals surface area contributed by atoms with E-state index in [1.165, 1.54) is 0 Å². The topological polar surface area (TPSA) is 88.5 Å². The van der Waals surface area contributed by atoms with Crippen molar-refractivity contribution in [2.24, 2.45) is 0 Å². The molecule has 2 aliphatic rings. The number of aliphatic hydroxyl groups excluding tert-OH is 2. The number of hydrogen-bond acceptors (Lipinski definition) is 6. The van der Waals surface area contributed by atoms with E-state index < -0.39 is 36.6 Å². The van der Waals surface area contributed by atoms with Gasteiger partial charge in [-0.15, -0.1) is 0 Å². The van der Waals surface area contributed by atoms with Gasteiger partial charge in [-0.3, -0.25) is 4.90 Å². The number of ether oxygens (including phenoxy) is 3. The standard InChI is InChI=1S/C23H27NO6/c25-13-19(28-14-16-7-3-1-4-8-16)21(29-15-17-9-5-2-6-10-17)22-20-18(26)11-12-24(20)23(27)30-22/h1-10,18-22,25-26H,11-15H2/t18-,19-,20+,21+,22+/m0/s1. The van der Waals surface area contributed by atoms with Gasteiger partial charge in [0.2, 0.25) is 0 Å². The van der Waals surface area contributed by atoms with Crippen LogP contribution in [0.5, 0.6) is 0 Å². The van der Waals surface area contributed by atoms with Gasteiger partial charge in [0.05, 0.1) is 25.9 Å². The second kappa shape index (κ2) is 9.57. The Morgan fingerprint density at radius 1 is 1.00 bits per heavy atom. The first-order chi connectivity index (χ1) is 14.7. The molecule has 0 radical (unpaired) electrons. The third kappa shape index (κ3) is 4.49. The molecular formula is C23H27NO6. The predicted molar refractivity (Wildman–Crippen MR) is 109 cm³/mol.